The minimum atomic E-state index is 0.570. The van der Waals surface area contributed by atoms with Crippen molar-refractivity contribution in [3.63, 3.8) is 0 Å². The number of nitrogen functional groups attached to an aromatic ring is 2. The predicted octanol–water partition coefficient (Wildman–Crippen LogP) is 22.0. The van der Waals surface area contributed by atoms with E-state index in [1.165, 1.54) is 91.7 Å². The molecule has 0 saturated carbocycles. The van der Waals surface area contributed by atoms with Crippen LogP contribution in [-0.2, 0) is 12.8 Å². The first-order valence-corrected chi connectivity index (χ1v) is 34.5. The van der Waals surface area contributed by atoms with Gasteiger partial charge < -0.3 is 21.3 Å². The quantitative estimate of drug-likeness (QED) is 0.0356. The molecule has 0 atom stereocenters. The molecule has 0 saturated heterocycles. The average molecular weight is 1250 g/mol. The number of hydrogen-bond acceptors (Lipinski definition) is 9. The van der Waals surface area contributed by atoms with Crippen LogP contribution in [0.1, 0.15) is 121 Å². The molecule has 0 radical (unpaired) electrons. The molecule has 0 fully saturated rings. The van der Waals surface area contributed by atoms with Crippen LogP contribution in [0.25, 0.3) is 75.1 Å². The maximum Gasteiger partial charge on any atom is 0.116 e. The van der Waals surface area contributed by atoms with Gasteiger partial charge in [0.2, 0.25) is 0 Å². The summed E-state index contributed by atoms with van der Waals surface area (Å²) in [5.41, 5.74) is 40.9. The Morgan fingerprint density at radius 3 is 0.923 bits per heavy atom. The van der Waals surface area contributed by atoms with Gasteiger partial charge in [0.25, 0.3) is 0 Å². The van der Waals surface area contributed by atoms with E-state index in [1.54, 1.807) is 22.7 Å². The summed E-state index contributed by atoms with van der Waals surface area (Å²) in [5, 5.41) is 0. The zero-order valence-electron chi connectivity index (χ0n) is 53.2. The first-order chi connectivity index (χ1) is 44.6. The molecular formula is C82H80N6S3. The van der Waals surface area contributed by atoms with Crippen molar-refractivity contribution in [2.24, 2.45) is 0 Å². The fourth-order valence-corrected chi connectivity index (χ4v) is 15.7. The molecule has 0 unspecified atom stereocenters. The van der Waals surface area contributed by atoms with Gasteiger partial charge in [-0.2, -0.15) is 8.75 Å². The standard InChI is InChI=1S/C82H80N6S3/c1-7-9-11-17-35-65-53-69(55-37-41-61(42-38-55)71(57-27-19-13-20-28-57)73(59-31-23-15-24-32-59)63-45-49-67(50-46-63)87(3)4)89-81(65)75-77(83)78(84)76(80-79(75)85-91-86-80)82-66(36-18-12-10-8-2)54-70(90-82)56-39-43-62(44-40-56)72(58-29-21-14-22-30-58)74(60-33-25-16-26-34-60)64-47-51-68(52-48-64)88(5)6/h13-16,19-34,37-54H,7-12,17-18,35-36,83-84H2,1-6H3. The van der Waals surface area contributed by atoms with E-state index in [4.69, 9.17) is 20.2 Å². The molecule has 0 aliphatic carbocycles. The van der Waals surface area contributed by atoms with Crippen LogP contribution in [0.3, 0.4) is 0 Å². The molecule has 9 heteroatoms. The summed E-state index contributed by atoms with van der Waals surface area (Å²) in [5.74, 6) is 0. The summed E-state index contributed by atoms with van der Waals surface area (Å²) < 4.78 is 10.3. The van der Waals surface area contributed by atoms with Crippen LogP contribution in [0.2, 0.25) is 0 Å². The second-order valence-corrected chi connectivity index (χ2v) is 26.7. The zero-order chi connectivity index (χ0) is 62.8. The Kier molecular flexibility index (Phi) is 19.6. The van der Waals surface area contributed by atoms with E-state index >= 15 is 0 Å². The molecule has 3 aromatic heterocycles. The van der Waals surface area contributed by atoms with Gasteiger partial charge in [-0.05, 0) is 151 Å². The molecule has 4 N–H and O–H groups in total. The summed E-state index contributed by atoms with van der Waals surface area (Å²) in [6.45, 7) is 4.55. The number of nitrogens with zero attached hydrogens (tertiary/aromatic N) is 4. The van der Waals surface area contributed by atoms with Crippen LogP contribution in [0.15, 0.2) is 231 Å². The molecule has 0 bridgehead atoms. The smallest absolute Gasteiger partial charge is 0.116 e. The lowest BCUT2D eigenvalue weighted by Gasteiger charge is -2.19. The summed E-state index contributed by atoms with van der Waals surface area (Å²) >= 11 is 4.83. The Labute approximate surface area is 550 Å². The van der Waals surface area contributed by atoms with E-state index in [0.717, 1.165) is 126 Å². The van der Waals surface area contributed by atoms with Gasteiger partial charge in [-0.1, -0.05) is 246 Å². The van der Waals surface area contributed by atoms with Crippen molar-refractivity contribution in [1.29, 1.82) is 0 Å². The minimum Gasteiger partial charge on any atom is -0.396 e. The second-order valence-electron chi connectivity index (χ2n) is 24.1. The number of benzene rings is 9. The number of hydrogen-bond donors (Lipinski definition) is 2. The second kappa shape index (κ2) is 28.8. The SMILES string of the molecule is CCCCCCc1cc(-c2ccc(C(=C(c3ccccc3)c3ccc(N(C)C)cc3)c3ccccc3)cc2)sc1-c1c(N)c(N)c(-c2sc(-c3ccc(C(=C(c4ccccc4)c4ccc(N(C)C)cc4)c4ccccc4)cc3)cc2CCCCCC)c2nsnc12. The highest BCUT2D eigenvalue weighted by Gasteiger charge is 2.28. The van der Waals surface area contributed by atoms with E-state index < -0.39 is 0 Å². The van der Waals surface area contributed by atoms with E-state index in [-0.39, 0.29) is 0 Å². The summed E-state index contributed by atoms with van der Waals surface area (Å²) in [6, 6.07) is 84.3. The third-order valence-corrected chi connectivity index (χ3v) is 20.5. The van der Waals surface area contributed by atoms with Crippen LogP contribution < -0.4 is 21.3 Å². The van der Waals surface area contributed by atoms with Gasteiger partial charge in [0.05, 0.1) is 23.1 Å². The molecule has 0 aliphatic rings. The lowest BCUT2D eigenvalue weighted by molar-refractivity contribution is 0.668. The molecule has 91 heavy (non-hydrogen) atoms. The Hall–Kier alpha value is -9.12. The number of unbranched alkanes of at least 4 members (excludes halogenated alkanes) is 6. The van der Waals surface area contributed by atoms with Crippen LogP contribution in [0, 0.1) is 0 Å². The highest BCUT2D eigenvalue weighted by molar-refractivity contribution is 7.19. The van der Waals surface area contributed by atoms with Gasteiger partial charge in [0.1, 0.15) is 11.0 Å². The van der Waals surface area contributed by atoms with Crippen molar-refractivity contribution in [3.8, 4) is 41.8 Å². The van der Waals surface area contributed by atoms with Gasteiger partial charge >= 0.3 is 0 Å². The lowest BCUT2D eigenvalue weighted by atomic mass is 9.85. The molecule has 0 aliphatic heterocycles. The van der Waals surface area contributed by atoms with Crippen molar-refractivity contribution in [3.05, 3.63) is 286 Å². The number of rotatable bonds is 24. The normalized spacial score (nSPS) is 12.1. The van der Waals surface area contributed by atoms with E-state index in [2.05, 4.69) is 282 Å². The monoisotopic (exact) mass is 1240 g/mol. The minimum absolute atomic E-state index is 0.570. The van der Waals surface area contributed by atoms with Crippen molar-refractivity contribution in [2.75, 3.05) is 49.5 Å². The van der Waals surface area contributed by atoms with Gasteiger partial charge in [-0.25, -0.2) is 0 Å². The maximum absolute atomic E-state index is 7.57. The molecule has 3 heterocycles. The molecule has 456 valence electrons. The maximum atomic E-state index is 7.57. The Balaban J connectivity index is 0.947. The Morgan fingerprint density at radius 1 is 0.352 bits per heavy atom. The van der Waals surface area contributed by atoms with E-state index in [9.17, 15) is 0 Å². The van der Waals surface area contributed by atoms with Crippen molar-refractivity contribution in [2.45, 2.75) is 78.1 Å². The predicted molar refractivity (Wildman–Crippen MR) is 397 cm³/mol. The molecule has 12 rings (SSSR count). The summed E-state index contributed by atoms with van der Waals surface area (Å²) in [7, 11) is 8.35. The van der Waals surface area contributed by atoms with Gasteiger partial charge in [0.15, 0.2) is 0 Å². The number of thiophene rings is 2. The topological polar surface area (TPSA) is 84.3 Å². The van der Waals surface area contributed by atoms with E-state index in [1.807, 2.05) is 0 Å². The number of anilines is 4. The van der Waals surface area contributed by atoms with Crippen LogP contribution in [0.4, 0.5) is 22.7 Å². The van der Waals surface area contributed by atoms with Crippen molar-refractivity contribution < 1.29 is 0 Å². The molecule has 0 spiro atoms. The largest absolute Gasteiger partial charge is 0.396 e. The average Bonchev–Trinajstić information content (AvgIpc) is 1.66. The number of nitrogens with two attached hydrogens (primary N) is 2. The van der Waals surface area contributed by atoms with Gasteiger partial charge in [-0.3, -0.25) is 0 Å². The summed E-state index contributed by atoms with van der Waals surface area (Å²) in [6.07, 6.45) is 11.0. The fourth-order valence-electron chi connectivity index (χ4n) is 12.6. The molecule has 9 aromatic carbocycles. The molecule has 6 nitrogen and oxygen atoms in total. The van der Waals surface area contributed by atoms with Crippen LogP contribution in [0.5, 0.6) is 0 Å². The van der Waals surface area contributed by atoms with E-state index in [0.29, 0.717) is 11.4 Å². The van der Waals surface area contributed by atoms with Gasteiger partial charge in [-0.15, -0.1) is 22.7 Å². The summed E-state index contributed by atoms with van der Waals surface area (Å²) in [4.78, 5) is 8.91. The highest BCUT2D eigenvalue weighted by Crippen LogP contribution is 2.52. The number of aryl methyl sites for hydroxylation is 2. The van der Waals surface area contributed by atoms with Crippen molar-refractivity contribution >= 4 is 90.5 Å². The van der Waals surface area contributed by atoms with Crippen LogP contribution in [-0.4, -0.2) is 36.9 Å². The Morgan fingerprint density at radius 2 is 0.637 bits per heavy atom. The fraction of sp³-hybridized carbons (Fsp3) is 0.195. The third-order valence-electron chi connectivity index (χ3n) is 17.5. The lowest BCUT2D eigenvalue weighted by Crippen LogP contribution is -2.08. The first kappa shape index (κ1) is 62.1. The molecular weight excluding hydrogens is 1170 g/mol. The first-order valence-electron chi connectivity index (χ1n) is 32.1. The third kappa shape index (κ3) is 13.5. The van der Waals surface area contributed by atoms with Crippen LogP contribution >= 0.6 is 34.4 Å². The number of aromatic nitrogens is 2. The molecule has 0 amide bonds. The van der Waals surface area contributed by atoms with Crippen molar-refractivity contribution in [1.82, 2.24) is 8.75 Å². The van der Waals surface area contributed by atoms with Gasteiger partial charge in [0, 0.05) is 70.2 Å². The Bertz CT molecular complexity index is 4160. The zero-order valence-corrected chi connectivity index (χ0v) is 55.6. The highest BCUT2D eigenvalue weighted by atomic mass is 32.1. The molecule has 12 aromatic rings. The number of fused-ring (bicyclic) bond motifs is 1.